The van der Waals surface area contributed by atoms with E-state index in [2.05, 4.69) is 15.4 Å². The lowest BCUT2D eigenvalue weighted by Gasteiger charge is -2.17. The zero-order valence-corrected chi connectivity index (χ0v) is 19.9. The first-order valence-electron chi connectivity index (χ1n) is 10.6. The maximum Gasteiger partial charge on any atom is 0.255 e. The fourth-order valence-corrected chi connectivity index (χ4v) is 3.99. The molecule has 0 bridgehead atoms. The van der Waals surface area contributed by atoms with Crippen molar-refractivity contribution >= 4 is 28.6 Å². The van der Waals surface area contributed by atoms with Crippen molar-refractivity contribution < 1.29 is 14.1 Å². The summed E-state index contributed by atoms with van der Waals surface area (Å²) in [6.07, 6.45) is 6.55. The average molecular weight is 476 g/mol. The van der Waals surface area contributed by atoms with E-state index in [1.54, 1.807) is 53.7 Å². The quantitative estimate of drug-likeness (QED) is 0.387. The predicted octanol–water partition coefficient (Wildman–Crippen LogP) is 4.19. The largest absolute Gasteiger partial charge is 0.612 e. The highest BCUT2D eigenvalue weighted by molar-refractivity contribution is 7.90. The first kappa shape index (κ1) is 23.3. The molecule has 8 nitrogen and oxygen atoms in total. The number of benzene rings is 2. The smallest absolute Gasteiger partial charge is 0.255 e. The summed E-state index contributed by atoms with van der Waals surface area (Å²) in [5, 5.41) is 7.08. The Balaban J connectivity index is 1.50. The molecule has 4 aromatic rings. The van der Waals surface area contributed by atoms with Crippen LogP contribution in [0.5, 0.6) is 5.75 Å². The van der Waals surface area contributed by atoms with Crippen molar-refractivity contribution in [3.63, 3.8) is 0 Å². The second kappa shape index (κ2) is 9.98. The number of rotatable bonds is 7. The topological polar surface area (TPSA) is 118 Å². The van der Waals surface area contributed by atoms with Crippen molar-refractivity contribution in [1.82, 2.24) is 14.8 Å². The minimum Gasteiger partial charge on any atom is -0.612 e. The van der Waals surface area contributed by atoms with Crippen molar-refractivity contribution in [2.45, 2.75) is 17.9 Å². The number of hydrogen-bond donors (Lipinski definition) is 2. The molecular formula is C25H25N5O3S. The molecule has 1 amide bonds. The maximum atomic E-state index is 12.7. The van der Waals surface area contributed by atoms with Crippen molar-refractivity contribution in [2.75, 3.05) is 17.3 Å². The molecule has 9 heteroatoms. The number of hydrogen-bond acceptors (Lipinski definition) is 6. The molecule has 0 spiro atoms. The molecule has 2 aromatic heterocycles. The van der Waals surface area contributed by atoms with Gasteiger partial charge in [0, 0.05) is 47.9 Å². The van der Waals surface area contributed by atoms with E-state index in [-0.39, 0.29) is 17.8 Å². The van der Waals surface area contributed by atoms with Gasteiger partial charge >= 0.3 is 0 Å². The molecule has 1 unspecified atom stereocenters. The van der Waals surface area contributed by atoms with Crippen molar-refractivity contribution in [3.8, 4) is 16.9 Å². The van der Waals surface area contributed by atoms with Crippen LogP contribution in [0.1, 0.15) is 28.9 Å². The molecule has 0 aliphatic carbocycles. The SMILES string of the molecule is C[C@H](Oc1cc(-c2cnn(C)c2)cnc1N)c1cccc(NC(=O)c2cccc([S+](C)[O-])c2)c1. The number of nitrogens with one attached hydrogen (secondary N) is 1. The molecule has 34 heavy (non-hydrogen) atoms. The van der Waals surface area contributed by atoms with E-state index in [1.165, 1.54) is 0 Å². The number of amides is 1. The molecule has 0 saturated heterocycles. The monoisotopic (exact) mass is 475 g/mol. The molecule has 4 rings (SSSR count). The van der Waals surface area contributed by atoms with Crippen LogP contribution in [0.15, 0.2) is 78.1 Å². The molecule has 0 radical (unpaired) electrons. The van der Waals surface area contributed by atoms with Crippen LogP contribution in [0.25, 0.3) is 11.1 Å². The van der Waals surface area contributed by atoms with Gasteiger partial charge in [-0.3, -0.25) is 9.48 Å². The summed E-state index contributed by atoms with van der Waals surface area (Å²) >= 11 is -1.16. The Hall–Kier alpha value is -3.82. The van der Waals surface area contributed by atoms with Crippen LogP contribution in [0.2, 0.25) is 0 Å². The second-order valence-electron chi connectivity index (χ2n) is 7.83. The third kappa shape index (κ3) is 5.38. The van der Waals surface area contributed by atoms with Gasteiger partial charge in [0.2, 0.25) is 0 Å². The van der Waals surface area contributed by atoms with Gasteiger partial charge in [-0.25, -0.2) is 4.98 Å². The van der Waals surface area contributed by atoms with Crippen LogP contribution in [0.3, 0.4) is 0 Å². The van der Waals surface area contributed by atoms with Gasteiger partial charge in [-0.15, -0.1) is 0 Å². The maximum absolute atomic E-state index is 12.7. The normalized spacial score (nSPS) is 12.7. The highest BCUT2D eigenvalue weighted by Gasteiger charge is 2.15. The van der Waals surface area contributed by atoms with Gasteiger partial charge in [0.25, 0.3) is 5.91 Å². The van der Waals surface area contributed by atoms with Crippen LogP contribution in [-0.2, 0) is 18.2 Å². The third-order valence-corrected chi connectivity index (χ3v) is 6.18. The fraction of sp³-hybridized carbons (Fsp3) is 0.160. The zero-order chi connectivity index (χ0) is 24.2. The van der Waals surface area contributed by atoms with E-state index in [0.29, 0.717) is 21.9 Å². The number of pyridine rings is 1. The Morgan fingerprint density at radius 1 is 1.15 bits per heavy atom. The third-order valence-electron chi connectivity index (χ3n) is 5.27. The van der Waals surface area contributed by atoms with Crippen molar-refractivity contribution in [2.24, 2.45) is 7.05 Å². The van der Waals surface area contributed by atoms with Gasteiger partial charge in [-0.1, -0.05) is 18.2 Å². The number of ether oxygens (including phenoxy) is 1. The predicted molar refractivity (Wildman–Crippen MR) is 133 cm³/mol. The highest BCUT2D eigenvalue weighted by atomic mass is 32.2. The van der Waals surface area contributed by atoms with E-state index in [0.717, 1.165) is 16.7 Å². The van der Waals surface area contributed by atoms with Gasteiger partial charge in [0.15, 0.2) is 16.5 Å². The van der Waals surface area contributed by atoms with Gasteiger partial charge in [-0.2, -0.15) is 5.10 Å². The van der Waals surface area contributed by atoms with Gasteiger partial charge < -0.3 is 20.3 Å². The van der Waals surface area contributed by atoms with Crippen LogP contribution >= 0.6 is 0 Å². The standard InChI is InChI=1S/C25H25N5O3S/c1-16(33-23-12-19(13-27-24(23)26)20-14-28-30(2)15-20)17-6-4-8-21(10-17)29-25(31)18-7-5-9-22(11-18)34(3)32/h4-16H,1-3H3,(H2,26,27)(H,29,31)/t16-,34?/m0/s1. The summed E-state index contributed by atoms with van der Waals surface area (Å²) in [5.74, 6) is 0.473. The second-order valence-corrected chi connectivity index (χ2v) is 9.21. The number of nitrogens with two attached hydrogens (primary N) is 1. The zero-order valence-electron chi connectivity index (χ0n) is 19.1. The number of nitrogens with zero attached hydrogens (tertiary/aromatic N) is 3. The minimum absolute atomic E-state index is 0.282. The molecular weight excluding hydrogens is 450 g/mol. The summed E-state index contributed by atoms with van der Waals surface area (Å²) in [6, 6.07) is 16.0. The number of carbonyl (C=O) groups is 1. The van der Waals surface area contributed by atoms with Crippen LogP contribution in [0.4, 0.5) is 11.5 Å². The number of carbonyl (C=O) groups excluding carboxylic acids is 1. The molecule has 0 fully saturated rings. The molecule has 2 aromatic carbocycles. The average Bonchev–Trinajstić information content (AvgIpc) is 3.27. The first-order valence-corrected chi connectivity index (χ1v) is 12.1. The van der Waals surface area contributed by atoms with E-state index in [4.69, 9.17) is 10.5 Å². The number of aryl methyl sites for hydroxylation is 1. The Kier molecular flexibility index (Phi) is 6.85. The Labute approximate surface area is 201 Å². The Morgan fingerprint density at radius 3 is 2.68 bits per heavy atom. The van der Waals surface area contributed by atoms with Gasteiger partial charge in [0.05, 0.1) is 6.20 Å². The molecule has 0 aliphatic heterocycles. The van der Waals surface area contributed by atoms with Crippen molar-refractivity contribution in [3.05, 3.63) is 84.3 Å². The number of aromatic nitrogens is 3. The van der Waals surface area contributed by atoms with Crippen molar-refractivity contribution in [1.29, 1.82) is 0 Å². The Bertz CT molecular complexity index is 1320. The highest BCUT2D eigenvalue weighted by Crippen LogP contribution is 2.31. The fourth-order valence-electron chi connectivity index (χ4n) is 3.42. The lowest BCUT2D eigenvalue weighted by atomic mass is 10.1. The first-order chi connectivity index (χ1) is 16.3. The molecule has 0 aliphatic rings. The Morgan fingerprint density at radius 2 is 1.94 bits per heavy atom. The van der Waals surface area contributed by atoms with Gasteiger partial charge in [-0.05, 0) is 54.0 Å². The minimum atomic E-state index is -1.16. The summed E-state index contributed by atoms with van der Waals surface area (Å²) in [4.78, 5) is 17.6. The van der Waals surface area contributed by atoms with Crippen LogP contribution in [-0.4, -0.2) is 31.5 Å². The molecule has 174 valence electrons. The van der Waals surface area contributed by atoms with Crippen LogP contribution in [0, 0.1) is 0 Å². The number of nitrogen functional groups attached to an aromatic ring is 1. The van der Waals surface area contributed by atoms with Gasteiger partial charge in [0.1, 0.15) is 12.4 Å². The molecule has 0 saturated carbocycles. The summed E-state index contributed by atoms with van der Waals surface area (Å²) in [6.45, 7) is 1.90. The van der Waals surface area contributed by atoms with E-state index in [9.17, 15) is 9.35 Å². The van der Waals surface area contributed by atoms with E-state index in [1.807, 2.05) is 44.4 Å². The summed E-state index contributed by atoms with van der Waals surface area (Å²) < 4.78 is 19.6. The number of anilines is 2. The molecule has 3 N–H and O–H groups in total. The summed E-state index contributed by atoms with van der Waals surface area (Å²) in [5.41, 5.74) is 9.73. The van der Waals surface area contributed by atoms with Crippen LogP contribution < -0.4 is 15.8 Å². The molecule has 2 atom stereocenters. The lowest BCUT2D eigenvalue weighted by molar-refractivity contribution is 0.102. The van der Waals surface area contributed by atoms with E-state index >= 15 is 0 Å². The summed E-state index contributed by atoms with van der Waals surface area (Å²) in [7, 11) is 1.85. The van der Waals surface area contributed by atoms with E-state index < -0.39 is 11.2 Å². The molecule has 2 heterocycles. The lowest BCUT2D eigenvalue weighted by Crippen LogP contribution is -2.13.